The number of nitrogens with two attached hydrogens (primary N) is 1. The molecule has 1 unspecified atom stereocenters. The first kappa shape index (κ1) is 14.5. The summed E-state index contributed by atoms with van der Waals surface area (Å²) in [5, 5.41) is 0. The molecule has 1 aromatic heterocycles. The molecule has 116 valence electrons. The summed E-state index contributed by atoms with van der Waals surface area (Å²) in [5.74, 6) is 0.218. The smallest absolute Gasteiger partial charge is 0.351 e. The van der Waals surface area contributed by atoms with E-state index in [1.807, 2.05) is 0 Å². The largest absolute Gasteiger partial charge is 0.383 e. The molecule has 8 nitrogen and oxygen atoms in total. The first-order valence-electron chi connectivity index (χ1n) is 6.69. The van der Waals surface area contributed by atoms with Gasteiger partial charge in [-0.2, -0.15) is 4.98 Å². The van der Waals surface area contributed by atoms with Crippen molar-refractivity contribution in [2.75, 3.05) is 33.2 Å². The first-order valence-corrected chi connectivity index (χ1v) is 6.69. The van der Waals surface area contributed by atoms with Crippen molar-refractivity contribution in [3.8, 4) is 0 Å². The molecule has 2 aliphatic rings. The van der Waals surface area contributed by atoms with Gasteiger partial charge in [0.25, 0.3) is 0 Å². The summed E-state index contributed by atoms with van der Waals surface area (Å²) < 4.78 is 24.0. The van der Waals surface area contributed by atoms with Crippen LogP contribution in [-0.2, 0) is 18.9 Å². The fraction of sp³-hybridized carbons (Fsp3) is 0.692. The average Bonchev–Trinajstić information content (AvgIpc) is 2.94. The van der Waals surface area contributed by atoms with Crippen LogP contribution in [-0.4, -0.2) is 54.8 Å². The third-order valence-electron chi connectivity index (χ3n) is 4.06. The number of nitrogens with zero attached hydrogens (tertiary/aromatic N) is 2. The molecule has 21 heavy (non-hydrogen) atoms. The third kappa shape index (κ3) is 2.06. The van der Waals surface area contributed by atoms with Gasteiger partial charge in [-0.25, -0.2) is 4.79 Å². The molecule has 3 heterocycles. The van der Waals surface area contributed by atoms with Crippen molar-refractivity contribution in [1.82, 2.24) is 9.55 Å². The second-order valence-electron chi connectivity index (χ2n) is 5.44. The zero-order chi connectivity index (χ0) is 15.2. The second-order valence-corrected chi connectivity index (χ2v) is 5.44. The lowest BCUT2D eigenvalue weighted by atomic mass is 10.0. The molecule has 0 radical (unpaired) electrons. The minimum atomic E-state index is -0.701. The average molecular weight is 297 g/mol. The second kappa shape index (κ2) is 5.06. The number of nitrogen functional groups attached to an aromatic ring is 1. The van der Waals surface area contributed by atoms with Crippen LogP contribution in [0.25, 0.3) is 0 Å². The lowest BCUT2D eigenvalue weighted by Crippen LogP contribution is -2.45. The summed E-state index contributed by atoms with van der Waals surface area (Å²) in [7, 11) is 3.18. The van der Waals surface area contributed by atoms with E-state index in [-0.39, 0.29) is 18.0 Å². The molecule has 2 bridgehead atoms. The number of methoxy groups -OCH3 is 2. The summed E-state index contributed by atoms with van der Waals surface area (Å²) in [6, 6.07) is 0. The van der Waals surface area contributed by atoms with Gasteiger partial charge < -0.3 is 24.7 Å². The Kier molecular flexibility index (Phi) is 3.48. The van der Waals surface area contributed by atoms with E-state index < -0.39 is 17.5 Å². The van der Waals surface area contributed by atoms with Crippen LogP contribution in [0, 0.1) is 6.92 Å². The van der Waals surface area contributed by atoms with Crippen LogP contribution >= 0.6 is 0 Å². The van der Waals surface area contributed by atoms with Gasteiger partial charge in [-0.3, -0.25) is 4.57 Å². The number of ether oxygens (including phenoxy) is 4. The van der Waals surface area contributed by atoms with Crippen LogP contribution < -0.4 is 11.4 Å². The molecule has 2 aliphatic heterocycles. The van der Waals surface area contributed by atoms with Gasteiger partial charge in [-0.15, -0.1) is 0 Å². The highest BCUT2D eigenvalue weighted by molar-refractivity contribution is 5.35. The van der Waals surface area contributed by atoms with Crippen molar-refractivity contribution in [3.05, 3.63) is 22.2 Å². The number of hydrogen-bond acceptors (Lipinski definition) is 7. The highest BCUT2D eigenvalue weighted by Crippen LogP contribution is 2.46. The normalized spacial score (nSPS) is 34.5. The standard InChI is InChI=1S/C13H19N3O5/c1-7-4-16(12(17)15-10(7)14)11-8-9(19-3)13(21-11,5-18-2)6-20-8/h4,8-9,11H,5-6H2,1-3H3,(H2,14,15,17)/t8?,9-,11-,13+/m1/s1. The van der Waals surface area contributed by atoms with E-state index in [9.17, 15) is 4.79 Å². The molecule has 2 fully saturated rings. The fourth-order valence-corrected chi connectivity index (χ4v) is 3.07. The van der Waals surface area contributed by atoms with Crippen molar-refractivity contribution < 1.29 is 18.9 Å². The SMILES string of the molecule is COC[C@@]12COC([C@H](n3cc(C)c(N)nc3=O)O1)[C@H]2OC. The zero-order valence-corrected chi connectivity index (χ0v) is 12.2. The van der Waals surface area contributed by atoms with Gasteiger partial charge >= 0.3 is 5.69 Å². The Labute approximate surface area is 121 Å². The Balaban J connectivity index is 1.99. The van der Waals surface area contributed by atoms with Gasteiger partial charge in [-0.05, 0) is 6.92 Å². The maximum absolute atomic E-state index is 12.1. The molecule has 2 N–H and O–H groups in total. The topological polar surface area (TPSA) is 97.8 Å². The minimum Gasteiger partial charge on any atom is -0.383 e. The number of aromatic nitrogens is 2. The molecule has 3 rings (SSSR count). The molecule has 8 heteroatoms. The first-order chi connectivity index (χ1) is 10.0. The van der Waals surface area contributed by atoms with Gasteiger partial charge in [0.2, 0.25) is 0 Å². The Morgan fingerprint density at radius 2 is 2.33 bits per heavy atom. The molecule has 2 saturated heterocycles. The Morgan fingerprint density at radius 3 is 3.00 bits per heavy atom. The highest BCUT2D eigenvalue weighted by Gasteiger charge is 2.63. The molecule has 0 amide bonds. The summed E-state index contributed by atoms with van der Waals surface area (Å²) in [4.78, 5) is 15.9. The lowest BCUT2D eigenvalue weighted by molar-refractivity contribution is -0.191. The number of fused-ring (bicyclic) bond motifs is 2. The van der Waals surface area contributed by atoms with Gasteiger partial charge in [0, 0.05) is 26.0 Å². The van der Waals surface area contributed by atoms with Crippen LogP contribution in [0.3, 0.4) is 0 Å². The van der Waals surface area contributed by atoms with Crippen molar-refractivity contribution in [1.29, 1.82) is 0 Å². The number of anilines is 1. The van der Waals surface area contributed by atoms with Crippen LogP contribution in [0.5, 0.6) is 0 Å². The molecule has 0 aromatic carbocycles. The summed E-state index contributed by atoms with van der Waals surface area (Å²) in [6.07, 6.45) is 0.352. The van der Waals surface area contributed by atoms with Crippen LogP contribution in [0.1, 0.15) is 11.8 Å². The Hall–Kier alpha value is -1.48. The van der Waals surface area contributed by atoms with Gasteiger partial charge in [0.1, 0.15) is 23.6 Å². The van der Waals surface area contributed by atoms with Crippen molar-refractivity contribution >= 4 is 5.82 Å². The van der Waals surface area contributed by atoms with Crippen LogP contribution in [0.4, 0.5) is 5.82 Å². The maximum Gasteiger partial charge on any atom is 0.351 e. The van der Waals surface area contributed by atoms with Gasteiger partial charge in [-0.1, -0.05) is 0 Å². The monoisotopic (exact) mass is 297 g/mol. The van der Waals surface area contributed by atoms with Crippen molar-refractivity contribution in [3.63, 3.8) is 0 Å². The molecule has 4 atom stereocenters. The van der Waals surface area contributed by atoms with Crippen LogP contribution in [0.15, 0.2) is 11.0 Å². The molecule has 1 aromatic rings. The molecule has 0 aliphatic carbocycles. The van der Waals surface area contributed by atoms with E-state index in [1.165, 1.54) is 4.57 Å². The van der Waals surface area contributed by atoms with Crippen LogP contribution in [0.2, 0.25) is 0 Å². The van der Waals surface area contributed by atoms with E-state index in [0.29, 0.717) is 18.8 Å². The molecular formula is C13H19N3O5. The fourth-order valence-electron chi connectivity index (χ4n) is 3.07. The predicted octanol–water partition coefficient (Wildman–Crippen LogP) is -0.538. The quantitative estimate of drug-likeness (QED) is 0.797. The van der Waals surface area contributed by atoms with Crippen molar-refractivity contribution in [2.45, 2.75) is 31.0 Å². The maximum atomic E-state index is 12.1. The number of hydrogen-bond donors (Lipinski definition) is 1. The summed E-state index contributed by atoms with van der Waals surface area (Å²) in [5.41, 5.74) is 5.18. The Bertz CT molecular complexity index is 604. The summed E-state index contributed by atoms with van der Waals surface area (Å²) >= 11 is 0. The van der Waals surface area contributed by atoms with E-state index >= 15 is 0 Å². The highest BCUT2D eigenvalue weighted by atomic mass is 16.7. The van der Waals surface area contributed by atoms with Gasteiger partial charge in [0.15, 0.2) is 6.23 Å². The van der Waals surface area contributed by atoms with E-state index in [2.05, 4.69) is 4.98 Å². The van der Waals surface area contributed by atoms with E-state index in [0.717, 1.165) is 0 Å². The molecular weight excluding hydrogens is 278 g/mol. The Morgan fingerprint density at radius 1 is 1.57 bits per heavy atom. The van der Waals surface area contributed by atoms with E-state index in [4.69, 9.17) is 24.7 Å². The third-order valence-corrected chi connectivity index (χ3v) is 4.06. The molecule has 0 saturated carbocycles. The zero-order valence-electron chi connectivity index (χ0n) is 12.2. The number of rotatable bonds is 4. The number of aryl methyl sites for hydroxylation is 1. The predicted molar refractivity (Wildman–Crippen MR) is 72.9 cm³/mol. The molecule has 0 spiro atoms. The van der Waals surface area contributed by atoms with Gasteiger partial charge in [0.05, 0.1) is 13.2 Å². The minimum absolute atomic E-state index is 0.218. The lowest BCUT2D eigenvalue weighted by Gasteiger charge is -2.30. The van der Waals surface area contributed by atoms with E-state index in [1.54, 1.807) is 27.3 Å². The van der Waals surface area contributed by atoms with Crippen molar-refractivity contribution in [2.24, 2.45) is 0 Å². The summed E-state index contributed by atoms with van der Waals surface area (Å²) in [6.45, 7) is 2.48.